The highest BCUT2D eigenvalue weighted by Gasteiger charge is 2.19. The summed E-state index contributed by atoms with van der Waals surface area (Å²) in [7, 11) is -3.58. The summed E-state index contributed by atoms with van der Waals surface area (Å²) in [4.78, 5) is 4.20. The van der Waals surface area contributed by atoms with E-state index in [9.17, 15) is 8.42 Å². The average molecular weight is 380 g/mol. The molecule has 3 N–H and O–H groups in total. The number of hydrogen-bond donors (Lipinski definition) is 2. The van der Waals surface area contributed by atoms with Crippen molar-refractivity contribution in [1.82, 2.24) is 10.3 Å². The number of sulfonamides is 1. The Balaban J connectivity index is 2.75. The number of aromatic nitrogens is 1. The van der Waals surface area contributed by atoms with E-state index in [0.29, 0.717) is 25.1 Å². The van der Waals surface area contributed by atoms with E-state index >= 15 is 0 Å². The van der Waals surface area contributed by atoms with Crippen LogP contribution in [0.2, 0.25) is 0 Å². The first-order chi connectivity index (χ1) is 9.70. The molecule has 0 aliphatic carbocycles. The first kappa shape index (κ1) is 18.3. The normalized spacial score (nSPS) is 13.4. The van der Waals surface area contributed by atoms with Crippen LogP contribution in [0.4, 0.5) is 0 Å². The number of primary sulfonamides is 1. The smallest absolute Gasteiger partial charge is 0.216 e. The second kappa shape index (κ2) is 8.07. The number of ether oxygens (including phenoxy) is 1. The fraction of sp³-hybridized carbons (Fsp3) is 0.615. The molecule has 1 aromatic heterocycles. The zero-order valence-electron chi connectivity index (χ0n) is 12.5. The Kier molecular flexibility index (Phi) is 7.05. The van der Waals surface area contributed by atoms with Crippen LogP contribution in [0.5, 0.6) is 5.88 Å². The van der Waals surface area contributed by atoms with Crippen LogP contribution in [0.3, 0.4) is 0 Å². The van der Waals surface area contributed by atoms with E-state index in [0.717, 1.165) is 10.0 Å². The lowest BCUT2D eigenvalue weighted by Gasteiger charge is -2.14. The highest BCUT2D eigenvalue weighted by atomic mass is 79.9. The van der Waals surface area contributed by atoms with E-state index < -0.39 is 15.3 Å². The van der Waals surface area contributed by atoms with Gasteiger partial charge < -0.3 is 10.1 Å². The van der Waals surface area contributed by atoms with Crippen molar-refractivity contribution in [2.75, 3.05) is 13.2 Å². The van der Waals surface area contributed by atoms with Gasteiger partial charge in [0.2, 0.25) is 15.9 Å². The number of nitrogens with zero attached hydrogens (tertiary/aromatic N) is 1. The van der Waals surface area contributed by atoms with Crippen molar-refractivity contribution >= 4 is 26.0 Å². The van der Waals surface area contributed by atoms with Gasteiger partial charge in [0.05, 0.1) is 5.25 Å². The maximum absolute atomic E-state index is 11.4. The van der Waals surface area contributed by atoms with Gasteiger partial charge in [-0.15, -0.1) is 0 Å². The van der Waals surface area contributed by atoms with Gasteiger partial charge in [0, 0.05) is 28.8 Å². The molecule has 0 radical (unpaired) electrons. The SMILES string of the molecule is CC(C)NCCOc1ncc(Br)cc1CC(C)S(N)(=O)=O. The van der Waals surface area contributed by atoms with Crippen LogP contribution in [-0.2, 0) is 16.4 Å². The Labute approximate surface area is 134 Å². The molecule has 6 nitrogen and oxygen atoms in total. The number of nitrogens with one attached hydrogen (secondary N) is 1. The molecule has 0 saturated carbocycles. The average Bonchev–Trinajstić information content (AvgIpc) is 2.35. The summed E-state index contributed by atoms with van der Waals surface area (Å²) in [5.41, 5.74) is 0.718. The Morgan fingerprint density at radius 2 is 2.10 bits per heavy atom. The fourth-order valence-electron chi connectivity index (χ4n) is 1.67. The highest BCUT2D eigenvalue weighted by Crippen LogP contribution is 2.22. The molecule has 0 aromatic carbocycles. The fourth-order valence-corrected chi connectivity index (χ4v) is 2.46. The van der Waals surface area contributed by atoms with Crippen LogP contribution in [0.25, 0.3) is 0 Å². The molecule has 0 aliphatic rings. The van der Waals surface area contributed by atoms with Crippen LogP contribution in [0, 0.1) is 0 Å². The van der Waals surface area contributed by atoms with E-state index in [1.54, 1.807) is 19.2 Å². The van der Waals surface area contributed by atoms with Crippen LogP contribution >= 0.6 is 15.9 Å². The number of pyridine rings is 1. The first-order valence-corrected chi connectivity index (χ1v) is 9.12. The molecular formula is C13H22BrN3O3S. The standard InChI is InChI=1S/C13H22BrN3O3S/c1-9(2)16-4-5-20-13-11(7-12(14)8-17-13)6-10(3)21(15,18)19/h7-10,16H,4-6H2,1-3H3,(H2,15,18,19). The van der Waals surface area contributed by atoms with Crippen molar-refractivity contribution in [1.29, 1.82) is 0 Å². The summed E-state index contributed by atoms with van der Waals surface area (Å²) >= 11 is 3.33. The third kappa shape index (κ3) is 6.73. The Morgan fingerprint density at radius 3 is 2.67 bits per heavy atom. The molecular weight excluding hydrogens is 358 g/mol. The van der Waals surface area contributed by atoms with E-state index in [2.05, 4.69) is 40.1 Å². The Bertz CT molecular complexity index is 564. The maximum atomic E-state index is 11.4. The molecule has 0 spiro atoms. The number of hydrogen-bond acceptors (Lipinski definition) is 5. The molecule has 120 valence electrons. The van der Waals surface area contributed by atoms with Gasteiger partial charge in [0.1, 0.15) is 6.61 Å². The van der Waals surface area contributed by atoms with Gasteiger partial charge in [-0.25, -0.2) is 18.5 Å². The zero-order chi connectivity index (χ0) is 16.0. The number of halogens is 1. The summed E-state index contributed by atoms with van der Waals surface area (Å²) in [6.45, 7) is 6.83. The lowest BCUT2D eigenvalue weighted by molar-refractivity contribution is 0.294. The van der Waals surface area contributed by atoms with E-state index in [4.69, 9.17) is 9.88 Å². The Hall–Kier alpha value is -0.700. The summed E-state index contributed by atoms with van der Waals surface area (Å²) in [5, 5.41) is 7.70. The summed E-state index contributed by atoms with van der Waals surface area (Å²) in [6.07, 6.45) is 1.88. The molecule has 1 heterocycles. The quantitative estimate of drug-likeness (QED) is 0.666. The third-order valence-electron chi connectivity index (χ3n) is 2.85. The minimum Gasteiger partial charge on any atom is -0.476 e. The molecule has 0 saturated heterocycles. The predicted octanol–water partition coefficient (Wildman–Crippen LogP) is 1.44. The molecule has 1 atom stereocenters. The second-order valence-electron chi connectivity index (χ2n) is 5.18. The zero-order valence-corrected chi connectivity index (χ0v) is 14.9. The molecule has 0 fully saturated rings. The van der Waals surface area contributed by atoms with Gasteiger partial charge in [-0.05, 0) is 35.3 Å². The molecule has 0 aliphatic heterocycles. The van der Waals surface area contributed by atoms with Gasteiger partial charge in [-0.1, -0.05) is 13.8 Å². The molecule has 1 aromatic rings. The topological polar surface area (TPSA) is 94.3 Å². The van der Waals surface area contributed by atoms with Crippen molar-refractivity contribution in [2.45, 2.75) is 38.5 Å². The highest BCUT2D eigenvalue weighted by molar-refractivity contribution is 9.10. The summed E-state index contributed by atoms with van der Waals surface area (Å²) in [5.74, 6) is 0.444. The van der Waals surface area contributed by atoms with Crippen molar-refractivity contribution in [3.8, 4) is 5.88 Å². The van der Waals surface area contributed by atoms with Gasteiger partial charge in [-0.2, -0.15) is 0 Å². The minimum atomic E-state index is -3.58. The van der Waals surface area contributed by atoms with Gasteiger partial charge >= 0.3 is 0 Å². The number of rotatable bonds is 8. The van der Waals surface area contributed by atoms with Gasteiger partial charge in [-0.3, -0.25) is 0 Å². The van der Waals surface area contributed by atoms with Crippen LogP contribution in [0.1, 0.15) is 26.3 Å². The first-order valence-electron chi connectivity index (χ1n) is 6.72. The minimum absolute atomic E-state index is 0.262. The molecule has 0 amide bonds. The van der Waals surface area contributed by atoms with Crippen molar-refractivity contribution < 1.29 is 13.2 Å². The lowest BCUT2D eigenvalue weighted by atomic mass is 10.1. The van der Waals surface area contributed by atoms with E-state index in [1.165, 1.54) is 0 Å². The molecule has 1 unspecified atom stereocenters. The van der Waals surface area contributed by atoms with Crippen LogP contribution < -0.4 is 15.2 Å². The molecule has 21 heavy (non-hydrogen) atoms. The molecule has 1 rings (SSSR count). The van der Waals surface area contributed by atoms with Gasteiger partial charge in [0.25, 0.3) is 0 Å². The summed E-state index contributed by atoms with van der Waals surface area (Å²) < 4.78 is 29.1. The van der Waals surface area contributed by atoms with Crippen LogP contribution in [-0.4, -0.2) is 37.8 Å². The van der Waals surface area contributed by atoms with Crippen molar-refractivity contribution in [3.05, 3.63) is 22.3 Å². The third-order valence-corrected chi connectivity index (χ3v) is 4.58. The predicted molar refractivity (Wildman–Crippen MR) is 86.8 cm³/mol. The Morgan fingerprint density at radius 1 is 1.43 bits per heavy atom. The lowest BCUT2D eigenvalue weighted by Crippen LogP contribution is -2.29. The van der Waals surface area contributed by atoms with Crippen molar-refractivity contribution in [3.63, 3.8) is 0 Å². The molecule has 0 bridgehead atoms. The second-order valence-corrected chi connectivity index (χ2v) is 8.08. The van der Waals surface area contributed by atoms with E-state index in [-0.39, 0.29) is 6.42 Å². The van der Waals surface area contributed by atoms with Crippen molar-refractivity contribution in [2.24, 2.45) is 5.14 Å². The maximum Gasteiger partial charge on any atom is 0.216 e. The number of nitrogens with two attached hydrogens (primary N) is 1. The van der Waals surface area contributed by atoms with Crippen LogP contribution in [0.15, 0.2) is 16.7 Å². The largest absolute Gasteiger partial charge is 0.476 e. The molecule has 8 heteroatoms. The van der Waals surface area contributed by atoms with Gasteiger partial charge in [0.15, 0.2) is 0 Å². The monoisotopic (exact) mass is 379 g/mol. The van der Waals surface area contributed by atoms with E-state index in [1.807, 2.05) is 0 Å². The summed E-state index contributed by atoms with van der Waals surface area (Å²) in [6, 6.07) is 2.19.